The molecular formula is C25H18N4O3S. The fraction of sp³-hybridized carbons (Fsp3) is 0.0800. The number of benzene rings is 3. The lowest BCUT2D eigenvalue weighted by molar-refractivity contribution is -0.119. The number of para-hydroxylation sites is 2. The summed E-state index contributed by atoms with van der Waals surface area (Å²) in [5, 5.41) is 3.64. The number of aryl methyl sites for hydroxylation is 1. The molecule has 1 amide bonds. The number of carbonyl (C=O) groups excluding carboxylic acids is 2. The van der Waals surface area contributed by atoms with E-state index < -0.39 is 18.5 Å². The van der Waals surface area contributed by atoms with E-state index in [0.717, 1.165) is 20.8 Å². The fourth-order valence-electron chi connectivity index (χ4n) is 3.31. The Morgan fingerprint density at radius 1 is 0.939 bits per heavy atom. The number of nitrogens with zero attached hydrogens (tertiary/aromatic N) is 3. The molecule has 0 saturated heterocycles. The number of ether oxygens (including phenoxy) is 1. The van der Waals surface area contributed by atoms with Crippen LogP contribution in [0.4, 0.5) is 5.69 Å². The molecule has 162 valence electrons. The zero-order chi connectivity index (χ0) is 22.8. The molecule has 0 bridgehead atoms. The molecule has 0 atom stereocenters. The minimum atomic E-state index is -0.704. The highest BCUT2D eigenvalue weighted by Crippen LogP contribution is 2.31. The highest BCUT2D eigenvalue weighted by Gasteiger charge is 2.13. The second-order valence-corrected chi connectivity index (χ2v) is 8.47. The lowest BCUT2D eigenvalue weighted by atomic mass is 10.2. The number of amides is 1. The Morgan fingerprint density at radius 3 is 2.55 bits per heavy atom. The van der Waals surface area contributed by atoms with Crippen molar-refractivity contribution in [3.63, 3.8) is 0 Å². The maximum atomic E-state index is 12.2. The van der Waals surface area contributed by atoms with E-state index in [2.05, 4.69) is 33.3 Å². The lowest BCUT2D eigenvalue weighted by Gasteiger charge is -2.07. The molecule has 33 heavy (non-hydrogen) atoms. The quantitative estimate of drug-likeness (QED) is 0.375. The Hall–Kier alpha value is -4.17. The number of hydrogen-bond donors (Lipinski definition) is 1. The van der Waals surface area contributed by atoms with Crippen LogP contribution < -0.4 is 5.32 Å². The van der Waals surface area contributed by atoms with Gasteiger partial charge in [-0.1, -0.05) is 18.2 Å². The monoisotopic (exact) mass is 454 g/mol. The van der Waals surface area contributed by atoms with Gasteiger partial charge in [-0.15, -0.1) is 11.3 Å². The van der Waals surface area contributed by atoms with Gasteiger partial charge < -0.3 is 10.1 Å². The van der Waals surface area contributed by atoms with Crippen molar-refractivity contribution in [3.8, 4) is 10.6 Å². The van der Waals surface area contributed by atoms with Crippen LogP contribution in [0.2, 0.25) is 0 Å². The van der Waals surface area contributed by atoms with E-state index in [1.807, 2.05) is 36.4 Å². The summed E-state index contributed by atoms with van der Waals surface area (Å²) < 4.78 is 6.22. The minimum Gasteiger partial charge on any atom is -0.451 e. The van der Waals surface area contributed by atoms with Gasteiger partial charge >= 0.3 is 5.97 Å². The fourth-order valence-corrected chi connectivity index (χ4v) is 4.38. The molecule has 0 unspecified atom stereocenters. The van der Waals surface area contributed by atoms with Crippen LogP contribution in [0.15, 0.2) is 72.9 Å². The van der Waals surface area contributed by atoms with E-state index >= 15 is 0 Å². The Labute approximate surface area is 193 Å². The molecular weight excluding hydrogens is 436 g/mol. The molecule has 5 rings (SSSR count). The number of rotatable bonds is 5. The lowest BCUT2D eigenvalue weighted by Crippen LogP contribution is -2.21. The van der Waals surface area contributed by atoms with Gasteiger partial charge in [0.1, 0.15) is 5.01 Å². The first-order chi connectivity index (χ1) is 16.0. The first-order valence-corrected chi connectivity index (χ1v) is 11.0. The van der Waals surface area contributed by atoms with E-state index in [1.165, 1.54) is 11.8 Å². The van der Waals surface area contributed by atoms with Crippen LogP contribution in [-0.4, -0.2) is 33.4 Å². The summed E-state index contributed by atoms with van der Waals surface area (Å²) >= 11 is 1.63. The molecule has 0 aliphatic heterocycles. The SMILES string of the molecule is Cc1ccc2nc(-c3ccc(NC(=O)COC(=O)c4cnc5ccccc5n4)cc3)sc2c1. The largest absolute Gasteiger partial charge is 0.451 e. The maximum Gasteiger partial charge on any atom is 0.359 e. The van der Waals surface area contributed by atoms with Crippen molar-refractivity contribution in [1.29, 1.82) is 0 Å². The second-order valence-electron chi connectivity index (χ2n) is 7.44. The number of aromatic nitrogens is 3. The first-order valence-electron chi connectivity index (χ1n) is 10.2. The average molecular weight is 455 g/mol. The van der Waals surface area contributed by atoms with E-state index in [9.17, 15) is 9.59 Å². The van der Waals surface area contributed by atoms with Crippen LogP contribution in [0.3, 0.4) is 0 Å². The second kappa shape index (κ2) is 8.76. The predicted octanol–water partition coefficient (Wildman–Crippen LogP) is 5.01. The number of hydrogen-bond acceptors (Lipinski definition) is 7. The smallest absolute Gasteiger partial charge is 0.359 e. The van der Waals surface area contributed by atoms with Crippen LogP contribution in [0.1, 0.15) is 16.1 Å². The number of fused-ring (bicyclic) bond motifs is 2. The average Bonchev–Trinajstić information content (AvgIpc) is 3.26. The normalized spacial score (nSPS) is 10.9. The molecule has 5 aromatic rings. The Morgan fingerprint density at radius 2 is 1.73 bits per heavy atom. The van der Waals surface area contributed by atoms with Crippen LogP contribution >= 0.6 is 11.3 Å². The highest BCUT2D eigenvalue weighted by atomic mass is 32.1. The molecule has 0 aliphatic carbocycles. The summed E-state index contributed by atoms with van der Waals surface area (Å²) in [4.78, 5) is 37.5. The molecule has 0 spiro atoms. The standard InChI is InChI=1S/C25H18N4O3S/c1-15-6-11-20-22(12-15)33-24(29-20)16-7-9-17(10-8-16)27-23(30)14-32-25(31)21-13-26-18-4-2-3-5-19(18)28-21/h2-13H,14H2,1H3,(H,27,30). The zero-order valence-corrected chi connectivity index (χ0v) is 18.4. The van der Waals surface area contributed by atoms with E-state index in [-0.39, 0.29) is 5.69 Å². The molecule has 2 heterocycles. The molecule has 8 heteroatoms. The number of carbonyl (C=O) groups is 2. The molecule has 0 saturated carbocycles. The van der Waals surface area contributed by atoms with Crippen LogP contribution in [0, 0.1) is 6.92 Å². The van der Waals surface area contributed by atoms with E-state index in [1.54, 1.807) is 35.6 Å². The first kappa shape index (κ1) is 20.7. The summed E-state index contributed by atoms with van der Waals surface area (Å²) in [6.07, 6.45) is 1.34. The van der Waals surface area contributed by atoms with E-state index in [4.69, 9.17) is 4.74 Å². The Kier molecular flexibility index (Phi) is 5.50. The van der Waals surface area contributed by atoms with Gasteiger partial charge in [0.15, 0.2) is 12.3 Å². The summed E-state index contributed by atoms with van der Waals surface area (Å²) in [6, 6.07) is 20.8. The van der Waals surface area contributed by atoms with Crippen molar-refractivity contribution >= 4 is 50.2 Å². The Bertz CT molecular complexity index is 1500. The van der Waals surface area contributed by atoms with Gasteiger partial charge in [-0.05, 0) is 61.0 Å². The van der Waals surface area contributed by atoms with Gasteiger partial charge in [0.25, 0.3) is 5.91 Å². The molecule has 3 aromatic carbocycles. The zero-order valence-electron chi connectivity index (χ0n) is 17.6. The topological polar surface area (TPSA) is 94.1 Å². The van der Waals surface area contributed by atoms with Gasteiger partial charge in [-0.3, -0.25) is 9.78 Å². The molecule has 0 fully saturated rings. The minimum absolute atomic E-state index is 0.0527. The Balaban J connectivity index is 1.20. The summed E-state index contributed by atoms with van der Waals surface area (Å²) in [5.41, 5.74) is 5.04. The third-order valence-electron chi connectivity index (χ3n) is 4.95. The van der Waals surface area contributed by atoms with Crippen LogP contribution in [0.5, 0.6) is 0 Å². The van der Waals surface area contributed by atoms with Gasteiger partial charge in [0.05, 0.1) is 27.4 Å². The molecule has 7 nitrogen and oxygen atoms in total. The third-order valence-corrected chi connectivity index (χ3v) is 6.02. The number of nitrogens with one attached hydrogen (secondary N) is 1. The summed E-state index contributed by atoms with van der Waals surface area (Å²) in [6.45, 7) is 1.63. The predicted molar refractivity (Wildman–Crippen MR) is 128 cm³/mol. The van der Waals surface area contributed by atoms with Gasteiger partial charge in [-0.2, -0.15) is 0 Å². The third kappa shape index (κ3) is 4.56. The number of anilines is 1. The summed E-state index contributed by atoms with van der Waals surface area (Å²) in [7, 11) is 0. The van der Waals surface area contributed by atoms with Crippen LogP contribution in [-0.2, 0) is 9.53 Å². The van der Waals surface area contributed by atoms with E-state index in [0.29, 0.717) is 16.7 Å². The van der Waals surface area contributed by atoms with Crippen molar-refractivity contribution in [1.82, 2.24) is 15.0 Å². The maximum absolute atomic E-state index is 12.2. The number of thiazole rings is 1. The molecule has 1 N–H and O–H groups in total. The van der Waals surface area contributed by atoms with Crippen LogP contribution in [0.25, 0.3) is 31.8 Å². The van der Waals surface area contributed by atoms with Crippen molar-refractivity contribution < 1.29 is 14.3 Å². The van der Waals surface area contributed by atoms with Gasteiger partial charge in [0, 0.05) is 11.3 Å². The van der Waals surface area contributed by atoms with Crippen molar-refractivity contribution in [2.24, 2.45) is 0 Å². The molecule has 0 radical (unpaired) electrons. The van der Waals surface area contributed by atoms with Crippen molar-refractivity contribution in [3.05, 3.63) is 84.2 Å². The van der Waals surface area contributed by atoms with Gasteiger partial charge in [-0.25, -0.2) is 14.8 Å². The molecule has 0 aliphatic rings. The van der Waals surface area contributed by atoms with Crippen molar-refractivity contribution in [2.75, 3.05) is 11.9 Å². The summed E-state index contributed by atoms with van der Waals surface area (Å²) in [5.74, 6) is -1.15. The highest BCUT2D eigenvalue weighted by molar-refractivity contribution is 7.21. The number of esters is 1. The van der Waals surface area contributed by atoms with Gasteiger partial charge in [0.2, 0.25) is 0 Å². The molecule has 2 aromatic heterocycles. The van der Waals surface area contributed by atoms with Crippen molar-refractivity contribution in [2.45, 2.75) is 6.92 Å².